The second-order valence-electron chi connectivity index (χ2n) is 6.09. The fraction of sp³-hybridized carbons (Fsp3) is 0.600. The van der Waals surface area contributed by atoms with E-state index in [9.17, 15) is 9.59 Å². The van der Waals surface area contributed by atoms with Crippen LogP contribution in [0.25, 0.3) is 0 Å². The SMILES string of the molecule is C=C(C)C(=O)O[Si](CCC)(OC(=O)C(=C)C)C(C)(C)C. The van der Waals surface area contributed by atoms with Crippen LogP contribution in [0.3, 0.4) is 0 Å². The molecule has 0 amide bonds. The van der Waals surface area contributed by atoms with Gasteiger partial charge in [-0.15, -0.1) is 0 Å². The Balaban J connectivity index is 5.59. The molecule has 0 aromatic carbocycles. The van der Waals surface area contributed by atoms with Gasteiger partial charge in [-0.1, -0.05) is 47.3 Å². The summed E-state index contributed by atoms with van der Waals surface area (Å²) in [5, 5.41) is -0.431. The fourth-order valence-electron chi connectivity index (χ4n) is 1.61. The highest BCUT2D eigenvalue weighted by Gasteiger charge is 2.55. The van der Waals surface area contributed by atoms with E-state index in [1.807, 2.05) is 27.7 Å². The van der Waals surface area contributed by atoms with Gasteiger partial charge < -0.3 is 8.85 Å². The molecular weight excluding hydrogens is 272 g/mol. The highest BCUT2D eigenvalue weighted by molar-refractivity contribution is 6.73. The average Bonchev–Trinajstić information content (AvgIpc) is 2.26. The average molecular weight is 298 g/mol. The summed E-state index contributed by atoms with van der Waals surface area (Å²) in [4.78, 5) is 23.9. The van der Waals surface area contributed by atoms with Gasteiger partial charge in [-0.25, -0.2) is 9.59 Å². The topological polar surface area (TPSA) is 52.6 Å². The van der Waals surface area contributed by atoms with Crippen LogP contribution in [0.2, 0.25) is 11.1 Å². The molecule has 0 N–H and O–H groups in total. The number of rotatable bonds is 6. The maximum absolute atomic E-state index is 11.9. The van der Waals surface area contributed by atoms with Gasteiger partial charge in [0.25, 0.3) is 0 Å². The van der Waals surface area contributed by atoms with Gasteiger partial charge >= 0.3 is 20.5 Å². The van der Waals surface area contributed by atoms with E-state index in [1.165, 1.54) is 0 Å². The normalized spacial score (nSPS) is 11.7. The van der Waals surface area contributed by atoms with Crippen LogP contribution in [-0.2, 0) is 18.4 Å². The fourth-order valence-corrected chi connectivity index (χ4v) is 4.82. The highest BCUT2D eigenvalue weighted by atomic mass is 28.4. The first-order valence-electron chi connectivity index (χ1n) is 6.74. The molecule has 0 rings (SSSR count). The van der Waals surface area contributed by atoms with Gasteiger partial charge in [0.15, 0.2) is 0 Å². The molecule has 0 radical (unpaired) electrons. The number of carbonyl (C=O) groups is 2. The van der Waals surface area contributed by atoms with Crippen molar-refractivity contribution in [3.05, 3.63) is 24.3 Å². The molecule has 0 saturated heterocycles. The molecule has 0 bridgehead atoms. The van der Waals surface area contributed by atoms with Crippen molar-refractivity contribution < 1.29 is 18.4 Å². The van der Waals surface area contributed by atoms with Crippen LogP contribution in [-0.4, -0.2) is 20.5 Å². The minimum atomic E-state index is -3.07. The monoisotopic (exact) mass is 298 g/mol. The molecule has 0 aliphatic heterocycles. The lowest BCUT2D eigenvalue weighted by molar-refractivity contribution is -0.137. The summed E-state index contributed by atoms with van der Waals surface area (Å²) in [5.41, 5.74) is 0.599. The van der Waals surface area contributed by atoms with Gasteiger partial charge in [-0.2, -0.15) is 0 Å². The molecule has 0 aliphatic rings. The molecule has 0 fully saturated rings. The Labute approximate surface area is 123 Å². The lowest BCUT2D eigenvalue weighted by Gasteiger charge is -2.39. The molecule has 114 valence electrons. The first-order valence-corrected chi connectivity index (χ1v) is 8.77. The summed E-state index contributed by atoms with van der Waals surface area (Å²) in [6, 6.07) is 0.550. The van der Waals surface area contributed by atoms with Crippen LogP contribution in [0.5, 0.6) is 0 Å². The lowest BCUT2D eigenvalue weighted by Crippen LogP contribution is -2.53. The molecule has 0 heterocycles. The van der Waals surface area contributed by atoms with Crippen LogP contribution in [0.4, 0.5) is 0 Å². The van der Waals surface area contributed by atoms with Crippen molar-refractivity contribution in [3.63, 3.8) is 0 Å². The molecule has 0 unspecified atom stereocenters. The standard InChI is InChI=1S/C15H26O4Si/c1-9-10-20(15(6,7)8,18-13(16)11(2)3)19-14(17)12(4)5/h2,4,9-10H2,1,3,5-8H3. The van der Waals surface area contributed by atoms with Crippen molar-refractivity contribution in [2.45, 2.75) is 59.0 Å². The van der Waals surface area contributed by atoms with Crippen LogP contribution in [0, 0.1) is 0 Å². The van der Waals surface area contributed by atoms with E-state index in [0.717, 1.165) is 6.42 Å². The zero-order chi connectivity index (χ0) is 16.1. The maximum Gasteiger partial charge on any atom is 0.470 e. The van der Waals surface area contributed by atoms with Gasteiger partial charge in [0, 0.05) is 22.2 Å². The number of hydrogen-bond donors (Lipinski definition) is 0. The summed E-state index contributed by atoms with van der Waals surface area (Å²) < 4.78 is 11.3. The smallest absolute Gasteiger partial charge is 0.470 e. The Hall–Kier alpha value is -1.36. The molecule has 0 aromatic heterocycles. The Morgan fingerprint density at radius 3 is 1.55 bits per heavy atom. The molecule has 20 heavy (non-hydrogen) atoms. The van der Waals surface area contributed by atoms with E-state index in [-0.39, 0.29) is 0 Å². The zero-order valence-corrected chi connectivity index (χ0v) is 14.5. The van der Waals surface area contributed by atoms with Gasteiger partial charge in [0.1, 0.15) is 0 Å². The van der Waals surface area contributed by atoms with Crippen LogP contribution >= 0.6 is 0 Å². The predicted octanol–water partition coefficient (Wildman–Crippen LogP) is 3.88. The van der Waals surface area contributed by atoms with E-state index in [1.54, 1.807) is 13.8 Å². The Kier molecular flexibility index (Phi) is 6.41. The summed E-state index contributed by atoms with van der Waals surface area (Å²) in [5.74, 6) is -1.01. The summed E-state index contributed by atoms with van der Waals surface area (Å²) in [6.07, 6.45) is 0.760. The van der Waals surface area contributed by atoms with E-state index >= 15 is 0 Å². The maximum atomic E-state index is 11.9. The third-order valence-corrected chi connectivity index (χ3v) is 7.41. The van der Waals surface area contributed by atoms with Crippen molar-refractivity contribution in [2.24, 2.45) is 0 Å². The highest BCUT2D eigenvalue weighted by Crippen LogP contribution is 2.42. The largest absolute Gasteiger partial charge is 0.481 e. The van der Waals surface area contributed by atoms with Crippen molar-refractivity contribution in [2.75, 3.05) is 0 Å². The summed E-state index contributed by atoms with van der Waals surface area (Å²) in [6.45, 7) is 18.1. The molecular formula is C15H26O4Si. The quantitative estimate of drug-likeness (QED) is 0.551. The van der Waals surface area contributed by atoms with E-state index in [0.29, 0.717) is 17.2 Å². The molecule has 0 saturated carbocycles. The van der Waals surface area contributed by atoms with Gasteiger partial charge in [-0.3, -0.25) is 0 Å². The minimum Gasteiger partial charge on any atom is -0.481 e. The van der Waals surface area contributed by atoms with Crippen molar-refractivity contribution >= 4 is 20.5 Å². The summed E-state index contributed by atoms with van der Waals surface area (Å²) in [7, 11) is -3.07. The number of hydrogen-bond acceptors (Lipinski definition) is 4. The van der Waals surface area contributed by atoms with Gasteiger partial charge in [0.2, 0.25) is 0 Å². The Morgan fingerprint density at radius 1 is 1.00 bits per heavy atom. The molecule has 0 aromatic rings. The van der Waals surface area contributed by atoms with Crippen LogP contribution in [0.15, 0.2) is 24.3 Å². The Bertz CT molecular complexity index is 390. The first-order chi connectivity index (χ1) is 8.97. The molecule has 0 atom stereocenters. The number of carbonyl (C=O) groups excluding carboxylic acids is 2. The molecule has 0 aliphatic carbocycles. The third-order valence-electron chi connectivity index (χ3n) is 2.93. The predicted molar refractivity (Wildman–Crippen MR) is 82.4 cm³/mol. The minimum absolute atomic E-state index is 0.300. The van der Waals surface area contributed by atoms with Gasteiger partial charge in [0.05, 0.1) is 0 Å². The van der Waals surface area contributed by atoms with Crippen molar-refractivity contribution in [1.82, 2.24) is 0 Å². The second kappa shape index (κ2) is 6.88. The van der Waals surface area contributed by atoms with Crippen molar-refractivity contribution in [1.29, 1.82) is 0 Å². The lowest BCUT2D eigenvalue weighted by atomic mass is 10.2. The molecule has 4 nitrogen and oxygen atoms in total. The van der Waals surface area contributed by atoms with Crippen LogP contribution in [0.1, 0.15) is 48.0 Å². The zero-order valence-electron chi connectivity index (χ0n) is 13.5. The Morgan fingerprint density at radius 2 is 1.35 bits per heavy atom. The second-order valence-corrected chi connectivity index (χ2v) is 10.0. The third kappa shape index (κ3) is 4.63. The summed E-state index contributed by atoms with van der Waals surface area (Å²) >= 11 is 0. The first kappa shape index (κ1) is 18.6. The van der Waals surface area contributed by atoms with Crippen molar-refractivity contribution in [3.8, 4) is 0 Å². The molecule has 0 spiro atoms. The van der Waals surface area contributed by atoms with Crippen LogP contribution < -0.4 is 0 Å². The van der Waals surface area contributed by atoms with E-state index in [4.69, 9.17) is 8.85 Å². The van der Waals surface area contributed by atoms with Gasteiger partial charge in [-0.05, 0) is 13.8 Å². The molecule has 5 heteroatoms. The van der Waals surface area contributed by atoms with E-state index in [2.05, 4.69) is 13.2 Å². The van der Waals surface area contributed by atoms with E-state index < -0.39 is 25.5 Å².